The van der Waals surface area contributed by atoms with E-state index >= 15 is 0 Å². The van der Waals surface area contributed by atoms with Crippen molar-refractivity contribution in [3.05, 3.63) is 34.9 Å². The number of aryl methyl sites for hydroxylation is 1. The number of ether oxygens (including phenoxy) is 1. The van der Waals surface area contributed by atoms with Crippen LogP contribution in [0.15, 0.2) is 12.1 Å². The van der Waals surface area contributed by atoms with E-state index in [0.717, 1.165) is 13.2 Å². The van der Waals surface area contributed by atoms with Crippen molar-refractivity contribution < 1.29 is 23.4 Å². The van der Waals surface area contributed by atoms with Gasteiger partial charge in [-0.3, -0.25) is 4.79 Å². The Balaban J connectivity index is 3.03. The summed E-state index contributed by atoms with van der Waals surface area (Å²) in [5.41, 5.74) is -0.286. The zero-order chi connectivity index (χ0) is 12.3. The topological polar surface area (TPSA) is 46.5 Å². The number of carbonyl (C=O) groups is 1. The van der Waals surface area contributed by atoms with Gasteiger partial charge in [-0.15, -0.1) is 0 Å². The van der Waals surface area contributed by atoms with Gasteiger partial charge < -0.3 is 9.84 Å². The lowest BCUT2D eigenvalue weighted by Crippen LogP contribution is -2.12. The summed E-state index contributed by atoms with van der Waals surface area (Å²) in [5.74, 6) is -2.44. The molecule has 1 rings (SSSR count). The van der Waals surface area contributed by atoms with Gasteiger partial charge >= 0.3 is 5.97 Å². The number of rotatable bonds is 3. The monoisotopic (exact) mass is 230 g/mol. The Morgan fingerprint density at radius 2 is 2.12 bits per heavy atom. The van der Waals surface area contributed by atoms with Crippen molar-refractivity contribution >= 4 is 5.97 Å². The van der Waals surface area contributed by atoms with Crippen molar-refractivity contribution in [3.63, 3.8) is 0 Å². The summed E-state index contributed by atoms with van der Waals surface area (Å²) >= 11 is 0. The zero-order valence-corrected chi connectivity index (χ0v) is 8.96. The van der Waals surface area contributed by atoms with Crippen molar-refractivity contribution in [3.8, 4) is 0 Å². The Hall–Kier alpha value is -1.49. The number of aliphatic hydroxyl groups is 1. The van der Waals surface area contributed by atoms with Gasteiger partial charge in [0, 0.05) is 0 Å². The van der Waals surface area contributed by atoms with Crippen LogP contribution in [-0.2, 0) is 9.53 Å². The van der Waals surface area contributed by atoms with Crippen LogP contribution >= 0.6 is 0 Å². The molecule has 0 fully saturated rings. The van der Waals surface area contributed by atoms with Gasteiger partial charge in [-0.1, -0.05) is 6.07 Å². The number of halogens is 2. The van der Waals surface area contributed by atoms with Gasteiger partial charge in [-0.25, -0.2) is 8.78 Å². The Kier molecular flexibility index (Phi) is 3.95. The van der Waals surface area contributed by atoms with Gasteiger partial charge in [0.2, 0.25) is 0 Å². The number of esters is 1. The highest BCUT2D eigenvalue weighted by Gasteiger charge is 2.22. The predicted molar refractivity (Wildman–Crippen MR) is 52.7 cm³/mol. The lowest BCUT2D eigenvalue weighted by molar-refractivity contribution is -0.142. The number of carbonyl (C=O) groups excluding carboxylic acids is 1. The predicted octanol–water partition coefficient (Wildman–Crippen LogP) is 1.87. The summed E-state index contributed by atoms with van der Waals surface area (Å²) < 4.78 is 31.1. The first-order valence-corrected chi connectivity index (χ1v) is 4.66. The van der Waals surface area contributed by atoms with Crippen LogP contribution in [0.3, 0.4) is 0 Å². The fraction of sp³-hybridized carbons (Fsp3) is 0.364. The van der Waals surface area contributed by atoms with Crippen LogP contribution in [-0.4, -0.2) is 18.2 Å². The molecule has 0 aliphatic carbocycles. The van der Waals surface area contributed by atoms with Crippen LogP contribution in [0.5, 0.6) is 0 Å². The first kappa shape index (κ1) is 12.6. The van der Waals surface area contributed by atoms with Gasteiger partial charge in [-0.2, -0.15) is 0 Å². The highest BCUT2D eigenvalue weighted by molar-refractivity contribution is 5.70. The molecule has 0 amide bonds. The molecule has 0 saturated heterocycles. The quantitative estimate of drug-likeness (QED) is 0.806. The number of methoxy groups -OCH3 is 1. The van der Waals surface area contributed by atoms with Crippen molar-refractivity contribution in [2.75, 3.05) is 7.11 Å². The molecular weight excluding hydrogens is 218 g/mol. The van der Waals surface area contributed by atoms with E-state index in [2.05, 4.69) is 4.74 Å². The molecule has 0 aromatic heterocycles. The van der Waals surface area contributed by atoms with Crippen LogP contribution < -0.4 is 0 Å². The minimum absolute atomic E-state index is 0.209. The number of aliphatic hydroxyl groups excluding tert-OH is 1. The zero-order valence-electron chi connectivity index (χ0n) is 8.96. The number of benzene rings is 1. The highest BCUT2D eigenvalue weighted by Crippen LogP contribution is 2.25. The van der Waals surface area contributed by atoms with Gasteiger partial charge in [0.05, 0.1) is 25.2 Å². The Bertz CT molecular complexity index is 404. The van der Waals surface area contributed by atoms with E-state index in [0.29, 0.717) is 0 Å². The van der Waals surface area contributed by atoms with Crippen LogP contribution in [0.1, 0.15) is 23.7 Å². The van der Waals surface area contributed by atoms with Gasteiger partial charge in [0.25, 0.3) is 0 Å². The van der Waals surface area contributed by atoms with Crippen LogP contribution in [0.25, 0.3) is 0 Å². The summed E-state index contributed by atoms with van der Waals surface area (Å²) in [5, 5.41) is 9.53. The second-order valence-electron chi connectivity index (χ2n) is 3.39. The van der Waals surface area contributed by atoms with Crippen LogP contribution in [0, 0.1) is 18.6 Å². The van der Waals surface area contributed by atoms with E-state index in [9.17, 15) is 18.7 Å². The van der Waals surface area contributed by atoms with Crippen molar-refractivity contribution in [1.29, 1.82) is 0 Å². The average molecular weight is 230 g/mol. The SMILES string of the molecule is COC(=O)C[C@H](O)c1c(F)ccc(C)c1F. The van der Waals surface area contributed by atoms with E-state index < -0.39 is 35.7 Å². The summed E-state index contributed by atoms with van der Waals surface area (Å²) in [7, 11) is 1.14. The standard InChI is InChI=1S/C11H12F2O3/c1-6-3-4-7(12)10(11(6)13)8(14)5-9(15)16-2/h3-4,8,14H,5H2,1-2H3/t8-/m0/s1. The molecule has 0 unspecified atom stereocenters. The Labute approximate surface area is 91.7 Å². The first-order valence-electron chi connectivity index (χ1n) is 4.66. The molecule has 0 radical (unpaired) electrons. The third-order valence-corrected chi connectivity index (χ3v) is 2.24. The van der Waals surface area contributed by atoms with E-state index in [1.54, 1.807) is 0 Å². The molecule has 0 aliphatic rings. The normalized spacial score (nSPS) is 12.3. The molecule has 1 aromatic carbocycles. The molecule has 0 heterocycles. The maximum Gasteiger partial charge on any atom is 0.308 e. The average Bonchev–Trinajstić information content (AvgIpc) is 2.24. The number of hydrogen-bond acceptors (Lipinski definition) is 3. The first-order chi connectivity index (χ1) is 7.47. The summed E-state index contributed by atoms with van der Waals surface area (Å²) in [6.45, 7) is 1.45. The van der Waals surface area contributed by atoms with Gasteiger partial charge in [-0.05, 0) is 18.6 Å². The van der Waals surface area contributed by atoms with Crippen molar-refractivity contribution in [2.24, 2.45) is 0 Å². The molecule has 3 nitrogen and oxygen atoms in total. The van der Waals surface area contributed by atoms with Crippen molar-refractivity contribution in [1.82, 2.24) is 0 Å². The lowest BCUT2D eigenvalue weighted by Gasteiger charge is -2.12. The largest absolute Gasteiger partial charge is 0.469 e. The van der Waals surface area contributed by atoms with E-state index in [1.165, 1.54) is 13.0 Å². The molecule has 1 atom stereocenters. The van der Waals surface area contributed by atoms with Crippen LogP contribution in [0.2, 0.25) is 0 Å². The summed E-state index contributed by atoms with van der Waals surface area (Å²) in [4.78, 5) is 10.9. The lowest BCUT2D eigenvalue weighted by atomic mass is 10.0. The Morgan fingerprint density at radius 1 is 1.50 bits per heavy atom. The molecule has 0 saturated carbocycles. The van der Waals surface area contributed by atoms with E-state index in [-0.39, 0.29) is 5.56 Å². The summed E-state index contributed by atoms with van der Waals surface area (Å²) in [6.07, 6.45) is -2.01. The minimum Gasteiger partial charge on any atom is -0.469 e. The smallest absolute Gasteiger partial charge is 0.308 e. The molecule has 1 N–H and O–H groups in total. The molecule has 0 aliphatic heterocycles. The second-order valence-corrected chi connectivity index (χ2v) is 3.39. The molecule has 0 spiro atoms. The third-order valence-electron chi connectivity index (χ3n) is 2.24. The molecule has 0 bridgehead atoms. The molecule has 5 heteroatoms. The highest BCUT2D eigenvalue weighted by atomic mass is 19.1. The van der Waals surface area contributed by atoms with E-state index in [1.807, 2.05) is 0 Å². The van der Waals surface area contributed by atoms with Gasteiger partial charge in [0.15, 0.2) is 0 Å². The maximum atomic E-state index is 13.5. The molecule has 1 aromatic rings. The van der Waals surface area contributed by atoms with Crippen molar-refractivity contribution in [2.45, 2.75) is 19.4 Å². The molecule has 16 heavy (non-hydrogen) atoms. The molecular formula is C11H12F2O3. The summed E-state index contributed by atoms with van der Waals surface area (Å²) in [6, 6.07) is 2.31. The maximum absolute atomic E-state index is 13.5. The second kappa shape index (κ2) is 5.03. The van der Waals surface area contributed by atoms with E-state index in [4.69, 9.17) is 0 Å². The third kappa shape index (κ3) is 2.55. The van der Waals surface area contributed by atoms with Crippen LogP contribution in [0.4, 0.5) is 8.78 Å². The minimum atomic E-state index is -1.53. The van der Waals surface area contributed by atoms with Gasteiger partial charge in [0.1, 0.15) is 11.6 Å². The fourth-order valence-corrected chi connectivity index (χ4v) is 1.33. The molecule has 88 valence electrons. The number of hydrogen-bond donors (Lipinski definition) is 1. The fourth-order valence-electron chi connectivity index (χ4n) is 1.33. The Morgan fingerprint density at radius 3 is 2.69 bits per heavy atom.